The summed E-state index contributed by atoms with van der Waals surface area (Å²) in [5.41, 5.74) is 2.87. The minimum Gasteiger partial charge on any atom is -0.478 e. The number of carbonyl (C=O) groups excluding carboxylic acids is 2. The van der Waals surface area contributed by atoms with Gasteiger partial charge in [0, 0.05) is 21.8 Å². The van der Waals surface area contributed by atoms with Crippen LogP contribution in [0, 0.1) is 6.92 Å². The summed E-state index contributed by atoms with van der Waals surface area (Å²) < 4.78 is 0. The SMILES string of the molecule is CCC(Sc1cccc(NC(=O)c2ccccc2C)c1)C(=O)Nc1ccc(C(=O)O)cc1. The van der Waals surface area contributed by atoms with Gasteiger partial charge in [-0.3, -0.25) is 9.59 Å². The predicted molar refractivity (Wildman–Crippen MR) is 128 cm³/mol. The number of anilines is 2. The molecule has 2 amide bonds. The zero-order chi connectivity index (χ0) is 23.1. The molecule has 0 aromatic heterocycles. The maximum Gasteiger partial charge on any atom is 0.335 e. The van der Waals surface area contributed by atoms with E-state index >= 15 is 0 Å². The van der Waals surface area contributed by atoms with Crippen molar-refractivity contribution in [2.75, 3.05) is 10.6 Å². The largest absolute Gasteiger partial charge is 0.478 e. The number of hydrogen-bond donors (Lipinski definition) is 3. The van der Waals surface area contributed by atoms with Crippen LogP contribution in [0.1, 0.15) is 39.6 Å². The Morgan fingerprint density at radius 1 is 0.906 bits per heavy atom. The Balaban J connectivity index is 1.66. The molecule has 32 heavy (non-hydrogen) atoms. The van der Waals surface area contributed by atoms with E-state index in [-0.39, 0.29) is 22.6 Å². The van der Waals surface area contributed by atoms with Crippen molar-refractivity contribution < 1.29 is 19.5 Å². The number of aromatic carboxylic acids is 1. The Morgan fingerprint density at radius 3 is 2.28 bits per heavy atom. The van der Waals surface area contributed by atoms with Crippen LogP contribution in [0.2, 0.25) is 0 Å². The van der Waals surface area contributed by atoms with Crippen LogP contribution >= 0.6 is 11.8 Å². The summed E-state index contributed by atoms with van der Waals surface area (Å²) in [4.78, 5) is 37.1. The van der Waals surface area contributed by atoms with E-state index in [1.165, 1.54) is 23.9 Å². The van der Waals surface area contributed by atoms with Gasteiger partial charge in [-0.05, 0) is 67.4 Å². The number of aryl methyl sites for hydroxylation is 1. The number of benzene rings is 3. The number of carboxylic acids is 1. The van der Waals surface area contributed by atoms with Crippen molar-refractivity contribution in [1.29, 1.82) is 0 Å². The fraction of sp³-hybridized carbons (Fsp3) is 0.160. The van der Waals surface area contributed by atoms with E-state index in [4.69, 9.17) is 5.11 Å². The van der Waals surface area contributed by atoms with Gasteiger partial charge in [0.05, 0.1) is 10.8 Å². The van der Waals surface area contributed by atoms with E-state index in [1.807, 2.05) is 56.3 Å². The Kier molecular flexibility index (Phi) is 7.68. The standard InChI is InChI=1S/C25H24N2O4S/c1-3-22(24(29)26-18-13-11-17(12-14-18)25(30)31)32-20-9-6-8-19(15-20)27-23(28)21-10-5-4-7-16(21)2/h4-15,22H,3H2,1-2H3,(H,26,29)(H,27,28)(H,30,31). The quantitative estimate of drug-likeness (QED) is 0.398. The van der Waals surface area contributed by atoms with Crippen molar-refractivity contribution >= 4 is 40.9 Å². The van der Waals surface area contributed by atoms with Gasteiger partial charge >= 0.3 is 5.97 Å². The van der Waals surface area contributed by atoms with Crippen LogP contribution in [0.5, 0.6) is 0 Å². The fourth-order valence-corrected chi connectivity index (χ4v) is 4.09. The Hall–Kier alpha value is -3.58. The molecule has 1 unspecified atom stereocenters. The summed E-state index contributed by atoms with van der Waals surface area (Å²) >= 11 is 1.41. The van der Waals surface area contributed by atoms with Crippen molar-refractivity contribution in [1.82, 2.24) is 0 Å². The lowest BCUT2D eigenvalue weighted by atomic mass is 10.1. The third kappa shape index (κ3) is 5.98. The number of nitrogens with one attached hydrogen (secondary N) is 2. The minimum atomic E-state index is -1.01. The zero-order valence-electron chi connectivity index (χ0n) is 17.8. The van der Waals surface area contributed by atoms with E-state index in [1.54, 1.807) is 18.2 Å². The molecule has 164 valence electrons. The smallest absolute Gasteiger partial charge is 0.335 e. The molecule has 0 spiro atoms. The van der Waals surface area contributed by atoms with Gasteiger partial charge in [0.25, 0.3) is 5.91 Å². The highest BCUT2D eigenvalue weighted by Crippen LogP contribution is 2.29. The molecule has 3 rings (SSSR count). The predicted octanol–water partition coefficient (Wildman–Crippen LogP) is 5.45. The molecule has 0 heterocycles. The number of amides is 2. The molecular weight excluding hydrogens is 424 g/mol. The van der Waals surface area contributed by atoms with Crippen LogP contribution < -0.4 is 10.6 Å². The van der Waals surface area contributed by atoms with Gasteiger partial charge < -0.3 is 15.7 Å². The first-order chi connectivity index (χ1) is 15.4. The highest BCUT2D eigenvalue weighted by Gasteiger charge is 2.19. The summed E-state index contributed by atoms with van der Waals surface area (Å²) in [5, 5.41) is 14.4. The highest BCUT2D eigenvalue weighted by atomic mass is 32.2. The molecule has 0 bridgehead atoms. The molecule has 0 radical (unpaired) electrons. The molecule has 0 saturated carbocycles. The highest BCUT2D eigenvalue weighted by molar-refractivity contribution is 8.00. The second-order valence-electron chi connectivity index (χ2n) is 7.18. The van der Waals surface area contributed by atoms with E-state index in [0.29, 0.717) is 23.4 Å². The van der Waals surface area contributed by atoms with E-state index in [9.17, 15) is 14.4 Å². The number of carboxylic acid groups (broad SMARTS) is 1. The number of hydrogen-bond acceptors (Lipinski definition) is 4. The first-order valence-electron chi connectivity index (χ1n) is 10.1. The monoisotopic (exact) mass is 448 g/mol. The Bertz CT molecular complexity index is 1130. The average Bonchev–Trinajstić information content (AvgIpc) is 2.78. The number of carbonyl (C=O) groups is 3. The molecule has 0 fully saturated rings. The zero-order valence-corrected chi connectivity index (χ0v) is 18.6. The fourth-order valence-electron chi connectivity index (χ4n) is 3.08. The average molecular weight is 449 g/mol. The summed E-state index contributed by atoms with van der Waals surface area (Å²) in [6, 6.07) is 20.8. The van der Waals surface area contributed by atoms with Gasteiger partial charge in [0.15, 0.2) is 0 Å². The molecule has 0 aliphatic heterocycles. The molecule has 0 aliphatic rings. The molecule has 0 aliphatic carbocycles. The van der Waals surface area contributed by atoms with Crippen molar-refractivity contribution in [2.45, 2.75) is 30.4 Å². The third-order valence-electron chi connectivity index (χ3n) is 4.82. The number of thioether (sulfide) groups is 1. The van der Waals surface area contributed by atoms with Gasteiger partial charge in [0.1, 0.15) is 0 Å². The van der Waals surface area contributed by atoms with Crippen molar-refractivity contribution in [3.63, 3.8) is 0 Å². The molecule has 0 saturated heterocycles. The topological polar surface area (TPSA) is 95.5 Å². The first-order valence-corrected chi connectivity index (χ1v) is 11.0. The Morgan fingerprint density at radius 2 is 1.62 bits per heavy atom. The van der Waals surface area contributed by atoms with Crippen molar-refractivity contribution in [3.05, 3.63) is 89.5 Å². The molecule has 3 N–H and O–H groups in total. The second-order valence-corrected chi connectivity index (χ2v) is 8.46. The summed E-state index contributed by atoms with van der Waals surface area (Å²) in [5.74, 6) is -1.37. The number of rotatable bonds is 8. The molecule has 3 aromatic carbocycles. The molecule has 1 atom stereocenters. The molecular formula is C25H24N2O4S. The second kappa shape index (κ2) is 10.6. The molecule has 7 heteroatoms. The Labute approximate surface area is 191 Å². The van der Waals surface area contributed by atoms with E-state index in [0.717, 1.165) is 10.5 Å². The van der Waals surface area contributed by atoms with Gasteiger partial charge in [-0.15, -0.1) is 11.8 Å². The van der Waals surface area contributed by atoms with E-state index in [2.05, 4.69) is 10.6 Å². The van der Waals surface area contributed by atoms with Gasteiger partial charge in [-0.25, -0.2) is 4.79 Å². The van der Waals surface area contributed by atoms with Crippen LogP contribution in [-0.4, -0.2) is 28.1 Å². The van der Waals surface area contributed by atoms with Gasteiger partial charge in [-0.1, -0.05) is 31.2 Å². The molecule has 6 nitrogen and oxygen atoms in total. The van der Waals surface area contributed by atoms with Crippen molar-refractivity contribution in [2.24, 2.45) is 0 Å². The maximum atomic E-state index is 12.7. The molecule has 3 aromatic rings. The summed E-state index contributed by atoms with van der Waals surface area (Å²) in [6.45, 7) is 3.81. The van der Waals surface area contributed by atoms with Crippen LogP contribution in [0.4, 0.5) is 11.4 Å². The van der Waals surface area contributed by atoms with Gasteiger partial charge in [-0.2, -0.15) is 0 Å². The minimum absolute atomic E-state index is 0.161. The third-order valence-corrected chi connectivity index (χ3v) is 6.18. The van der Waals surface area contributed by atoms with Crippen LogP contribution in [0.15, 0.2) is 77.7 Å². The van der Waals surface area contributed by atoms with E-state index < -0.39 is 5.97 Å². The normalized spacial score (nSPS) is 11.4. The maximum absolute atomic E-state index is 12.7. The van der Waals surface area contributed by atoms with Crippen LogP contribution in [0.3, 0.4) is 0 Å². The summed E-state index contributed by atoms with van der Waals surface area (Å²) in [7, 11) is 0. The lowest BCUT2D eigenvalue weighted by molar-refractivity contribution is -0.115. The first kappa shape index (κ1) is 23.1. The summed E-state index contributed by atoms with van der Waals surface area (Å²) in [6.07, 6.45) is 0.601. The van der Waals surface area contributed by atoms with Crippen molar-refractivity contribution in [3.8, 4) is 0 Å². The van der Waals surface area contributed by atoms with Crippen LogP contribution in [-0.2, 0) is 4.79 Å². The van der Waals surface area contributed by atoms with Gasteiger partial charge in [0.2, 0.25) is 5.91 Å². The lowest BCUT2D eigenvalue weighted by Crippen LogP contribution is -2.24. The lowest BCUT2D eigenvalue weighted by Gasteiger charge is -2.16. The van der Waals surface area contributed by atoms with Crippen LogP contribution in [0.25, 0.3) is 0 Å².